The second-order valence-electron chi connectivity index (χ2n) is 5.17. The molecule has 18 heavy (non-hydrogen) atoms. The molecule has 1 saturated heterocycles. The molecule has 98 valence electrons. The van der Waals surface area contributed by atoms with Gasteiger partial charge in [-0.1, -0.05) is 5.21 Å². The largest absolute Gasteiger partial charge is 0.348 e. The first-order chi connectivity index (χ1) is 8.83. The Morgan fingerprint density at radius 3 is 2.78 bits per heavy atom. The molecule has 6 heteroatoms. The van der Waals surface area contributed by atoms with Crippen molar-refractivity contribution in [2.75, 3.05) is 13.1 Å². The van der Waals surface area contributed by atoms with E-state index in [0.717, 1.165) is 38.8 Å². The fourth-order valence-corrected chi connectivity index (χ4v) is 2.44. The minimum absolute atomic E-state index is 0.0834. The molecule has 6 nitrogen and oxygen atoms in total. The van der Waals surface area contributed by atoms with Crippen molar-refractivity contribution in [1.29, 1.82) is 0 Å². The number of hydrogen-bond donors (Lipinski definition) is 2. The first-order valence-electron chi connectivity index (χ1n) is 6.76. The summed E-state index contributed by atoms with van der Waals surface area (Å²) in [4.78, 5) is 11.9. The molecule has 0 spiro atoms. The van der Waals surface area contributed by atoms with Gasteiger partial charge in [-0.05, 0) is 45.2 Å². The van der Waals surface area contributed by atoms with Gasteiger partial charge in [0.05, 0.1) is 12.2 Å². The Kier molecular flexibility index (Phi) is 3.27. The molecule has 0 radical (unpaired) electrons. The van der Waals surface area contributed by atoms with Gasteiger partial charge in [0.1, 0.15) is 0 Å². The van der Waals surface area contributed by atoms with Crippen LogP contribution < -0.4 is 10.6 Å². The van der Waals surface area contributed by atoms with Gasteiger partial charge in [0.15, 0.2) is 5.69 Å². The summed E-state index contributed by atoms with van der Waals surface area (Å²) in [6.45, 7) is 2.02. The van der Waals surface area contributed by atoms with E-state index in [9.17, 15) is 4.79 Å². The SMILES string of the molecule is O=C(NC1CCC1)c1cn(C2CCNCC2)nn1. The zero-order valence-corrected chi connectivity index (χ0v) is 10.4. The highest BCUT2D eigenvalue weighted by atomic mass is 16.2. The summed E-state index contributed by atoms with van der Waals surface area (Å²) in [6.07, 6.45) is 7.28. The van der Waals surface area contributed by atoms with Crippen molar-refractivity contribution in [2.45, 2.75) is 44.2 Å². The lowest BCUT2D eigenvalue weighted by molar-refractivity contribution is 0.0911. The third-order valence-electron chi connectivity index (χ3n) is 3.87. The molecule has 1 aromatic heterocycles. The van der Waals surface area contributed by atoms with Crippen LogP contribution in [0.4, 0.5) is 0 Å². The summed E-state index contributed by atoms with van der Waals surface area (Å²) >= 11 is 0. The van der Waals surface area contributed by atoms with Gasteiger partial charge < -0.3 is 10.6 Å². The lowest BCUT2D eigenvalue weighted by Crippen LogP contribution is -2.39. The van der Waals surface area contributed by atoms with E-state index in [1.54, 1.807) is 6.20 Å². The van der Waals surface area contributed by atoms with E-state index in [0.29, 0.717) is 17.8 Å². The van der Waals surface area contributed by atoms with Crippen LogP contribution in [0.15, 0.2) is 6.20 Å². The molecule has 1 amide bonds. The second-order valence-corrected chi connectivity index (χ2v) is 5.17. The van der Waals surface area contributed by atoms with Gasteiger partial charge in [-0.15, -0.1) is 5.10 Å². The number of amides is 1. The number of nitrogens with zero attached hydrogens (tertiary/aromatic N) is 3. The highest BCUT2D eigenvalue weighted by Gasteiger charge is 2.23. The van der Waals surface area contributed by atoms with Crippen molar-refractivity contribution in [2.24, 2.45) is 0 Å². The summed E-state index contributed by atoms with van der Waals surface area (Å²) in [5.41, 5.74) is 0.445. The van der Waals surface area contributed by atoms with Crippen LogP contribution in [-0.4, -0.2) is 40.0 Å². The zero-order chi connectivity index (χ0) is 12.4. The molecular formula is C12H19N5O. The molecule has 2 aliphatic rings. The normalized spacial score (nSPS) is 21.6. The second kappa shape index (κ2) is 5.06. The molecule has 0 bridgehead atoms. The van der Waals surface area contributed by atoms with Crippen LogP contribution in [-0.2, 0) is 0 Å². The molecule has 0 aromatic carbocycles. The van der Waals surface area contributed by atoms with Crippen LogP contribution >= 0.6 is 0 Å². The molecule has 0 atom stereocenters. The predicted molar refractivity (Wildman–Crippen MR) is 66.3 cm³/mol. The average molecular weight is 249 g/mol. The van der Waals surface area contributed by atoms with E-state index in [2.05, 4.69) is 20.9 Å². The Balaban J connectivity index is 1.62. The third-order valence-corrected chi connectivity index (χ3v) is 3.87. The van der Waals surface area contributed by atoms with Crippen molar-refractivity contribution >= 4 is 5.91 Å². The molecule has 1 aliphatic heterocycles. The molecule has 3 rings (SSSR count). The van der Waals surface area contributed by atoms with Gasteiger partial charge in [0.2, 0.25) is 0 Å². The summed E-state index contributed by atoms with van der Waals surface area (Å²) in [5.74, 6) is -0.0834. The van der Waals surface area contributed by atoms with E-state index < -0.39 is 0 Å². The number of hydrogen-bond acceptors (Lipinski definition) is 4. The van der Waals surface area contributed by atoms with Crippen molar-refractivity contribution in [1.82, 2.24) is 25.6 Å². The Morgan fingerprint density at radius 1 is 1.33 bits per heavy atom. The monoisotopic (exact) mass is 249 g/mol. The summed E-state index contributed by atoms with van der Waals surface area (Å²) < 4.78 is 1.84. The van der Waals surface area contributed by atoms with E-state index in [4.69, 9.17) is 0 Å². The minimum atomic E-state index is -0.0834. The molecular weight excluding hydrogens is 230 g/mol. The van der Waals surface area contributed by atoms with Gasteiger partial charge in [-0.2, -0.15) is 0 Å². The Morgan fingerprint density at radius 2 is 2.11 bits per heavy atom. The van der Waals surface area contributed by atoms with E-state index >= 15 is 0 Å². The van der Waals surface area contributed by atoms with Crippen molar-refractivity contribution in [3.8, 4) is 0 Å². The molecule has 2 fully saturated rings. The Labute approximate surface area is 106 Å². The third kappa shape index (κ3) is 2.38. The quantitative estimate of drug-likeness (QED) is 0.817. The van der Waals surface area contributed by atoms with E-state index in [1.165, 1.54) is 6.42 Å². The topological polar surface area (TPSA) is 71.8 Å². The highest BCUT2D eigenvalue weighted by Crippen LogP contribution is 2.19. The van der Waals surface area contributed by atoms with Crippen LogP contribution in [0.5, 0.6) is 0 Å². The smallest absolute Gasteiger partial charge is 0.273 e. The van der Waals surface area contributed by atoms with Gasteiger partial charge in [-0.25, -0.2) is 4.68 Å². The molecule has 1 aromatic rings. The zero-order valence-electron chi connectivity index (χ0n) is 10.4. The fraction of sp³-hybridized carbons (Fsp3) is 0.750. The lowest BCUT2D eigenvalue weighted by atomic mass is 9.93. The summed E-state index contributed by atoms with van der Waals surface area (Å²) in [5, 5.41) is 14.4. The number of carbonyl (C=O) groups excluding carboxylic acids is 1. The maximum atomic E-state index is 11.9. The van der Waals surface area contributed by atoms with E-state index in [1.807, 2.05) is 4.68 Å². The Bertz CT molecular complexity index is 420. The maximum absolute atomic E-state index is 11.9. The van der Waals surface area contributed by atoms with Gasteiger partial charge >= 0.3 is 0 Å². The van der Waals surface area contributed by atoms with Crippen LogP contribution in [0, 0.1) is 0 Å². The summed E-state index contributed by atoms with van der Waals surface area (Å²) in [6, 6.07) is 0.727. The minimum Gasteiger partial charge on any atom is -0.348 e. The molecule has 1 saturated carbocycles. The van der Waals surface area contributed by atoms with Gasteiger partial charge in [-0.3, -0.25) is 4.79 Å². The maximum Gasteiger partial charge on any atom is 0.273 e. The predicted octanol–water partition coefficient (Wildman–Crippen LogP) is 0.485. The number of nitrogens with one attached hydrogen (secondary N) is 2. The number of aromatic nitrogens is 3. The van der Waals surface area contributed by atoms with Crippen LogP contribution in [0.25, 0.3) is 0 Å². The molecule has 2 N–H and O–H groups in total. The van der Waals surface area contributed by atoms with Crippen molar-refractivity contribution in [3.05, 3.63) is 11.9 Å². The highest BCUT2D eigenvalue weighted by molar-refractivity contribution is 5.92. The van der Waals surface area contributed by atoms with Crippen molar-refractivity contribution < 1.29 is 4.79 Å². The fourth-order valence-electron chi connectivity index (χ4n) is 2.44. The standard InChI is InChI=1S/C12H19N5O/c18-12(14-9-2-1-3-9)11-8-17(16-15-11)10-4-6-13-7-5-10/h8-10,13H,1-7H2,(H,14,18). The number of rotatable bonds is 3. The van der Waals surface area contributed by atoms with E-state index in [-0.39, 0.29) is 5.91 Å². The lowest BCUT2D eigenvalue weighted by Gasteiger charge is -2.25. The number of carbonyl (C=O) groups is 1. The van der Waals surface area contributed by atoms with Gasteiger partial charge in [0, 0.05) is 6.04 Å². The first-order valence-corrected chi connectivity index (χ1v) is 6.76. The van der Waals surface area contributed by atoms with Crippen LogP contribution in [0.3, 0.4) is 0 Å². The Hall–Kier alpha value is -1.43. The molecule has 1 aliphatic carbocycles. The summed E-state index contributed by atoms with van der Waals surface area (Å²) in [7, 11) is 0. The first kappa shape index (κ1) is 11.6. The van der Waals surface area contributed by atoms with Crippen LogP contribution in [0.2, 0.25) is 0 Å². The van der Waals surface area contributed by atoms with Crippen molar-refractivity contribution in [3.63, 3.8) is 0 Å². The molecule has 2 heterocycles. The van der Waals surface area contributed by atoms with Crippen LogP contribution in [0.1, 0.15) is 48.6 Å². The molecule has 0 unspecified atom stereocenters. The van der Waals surface area contributed by atoms with Gasteiger partial charge in [0.25, 0.3) is 5.91 Å². The average Bonchev–Trinajstić information content (AvgIpc) is 2.84. The number of piperidine rings is 1.